The summed E-state index contributed by atoms with van der Waals surface area (Å²) in [5.74, 6) is 0.615. The number of hydrogen-bond acceptors (Lipinski definition) is 3. The Kier molecular flexibility index (Phi) is 2.84. The van der Waals surface area contributed by atoms with Crippen molar-refractivity contribution in [2.45, 2.75) is 37.8 Å². The van der Waals surface area contributed by atoms with Crippen LogP contribution in [0.25, 0.3) is 0 Å². The minimum Gasteiger partial charge on any atom is -0.352 e. The highest BCUT2D eigenvalue weighted by atomic mass is 16.2. The molecule has 92 valence electrons. The third-order valence-electron chi connectivity index (χ3n) is 3.48. The summed E-state index contributed by atoms with van der Waals surface area (Å²) in [4.78, 5) is 15.9. The Balaban J connectivity index is 1.65. The van der Waals surface area contributed by atoms with Crippen molar-refractivity contribution in [2.24, 2.45) is 0 Å². The smallest absolute Gasteiger partial charge is 0.240 e. The topological polar surface area (TPSA) is 59.0 Å². The van der Waals surface area contributed by atoms with Gasteiger partial charge in [0.05, 0.1) is 6.33 Å². The Morgan fingerprint density at radius 2 is 2.41 bits per heavy atom. The van der Waals surface area contributed by atoms with E-state index >= 15 is 0 Å². The van der Waals surface area contributed by atoms with Crippen molar-refractivity contribution in [1.29, 1.82) is 0 Å². The standard InChI is InChI=1S/C12H18N4O/c17-12(15-10-1-2-10)7-16-8-14-6-11(16)9-3-4-13-5-9/h6,8-10,13H,1-5,7H2,(H,15,17). The molecular weight excluding hydrogens is 216 g/mol. The van der Waals surface area contributed by atoms with Gasteiger partial charge in [-0.05, 0) is 25.8 Å². The molecule has 1 saturated heterocycles. The first-order chi connectivity index (χ1) is 8.33. The summed E-state index contributed by atoms with van der Waals surface area (Å²) in [7, 11) is 0. The van der Waals surface area contributed by atoms with E-state index < -0.39 is 0 Å². The summed E-state index contributed by atoms with van der Waals surface area (Å²) >= 11 is 0. The lowest BCUT2D eigenvalue weighted by atomic mass is 10.1. The van der Waals surface area contributed by atoms with Crippen LogP contribution in [-0.4, -0.2) is 34.6 Å². The molecule has 0 bridgehead atoms. The molecule has 1 amide bonds. The van der Waals surface area contributed by atoms with Crippen LogP contribution in [0.1, 0.15) is 30.9 Å². The molecule has 17 heavy (non-hydrogen) atoms. The van der Waals surface area contributed by atoms with Gasteiger partial charge < -0.3 is 15.2 Å². The largest absolute Gasteiger partial charge is 0.352 e. The van der Waals surface area contributed by atoms with E-state index in [9.17, 15) is 4.79 Å². The number of amides is 1. The van der Waals surface area contributed by atoms with E-state index in [0.717, 1.165) is 32.4 Å². The van der Waals surface area contributed by atoms with Gasteiger partial charge in [0, 0.05) is 30.4 Å². The minimum absolute atomic E-state index is 0.109. The Morgan fingerprint density at radius 1 is 1.53 bits per heavy atom. The van der Waals surface area contributed by atoms with Crippen LogP contribution < -0.4 is 10.6 Å². The summed E-state index contributed by atoms with van der Waals surface area (Å²) in [5, 5.41) is 6.35. The average Bonchev–Trinajstić information content (AvgIpc) is 2.83. The molecule has 1 aliphatic carbocycles. The van der Waals surface area contributed by atoms with Gasteiger partial charge in [0.25, 0.3) is 0 Å². The highest BCUT2D eigenvalue weighted by Gasteiger charge is 2.24. The van der Waals surface area contributed by atoms with Crippen molar-refractivity contribution in [2.75, 3.05) is 13.1 Å². The first-order valence-electron chi connectivity index (χ1n) is 6.33. The first kappa shape index (κ1) is 10.8. The molecule has 0 aromatic carbocycles. The van der Waals surface area contributed by atoms with Crippen molar-refractivity contribution < 1.29 is 4.79 Å². The molecule has 2 heterocycles. The van der Waals surface area contributed by atoms with Crippen molar-refractivity contribution in [3.05, 3.63) is 18.2 Å². The average molecular weight is 234 g/mol. The third kappa shape index (κ3) is 2.49. The highest BCUT2D eigenvalue weighted by Crippen LogP contribution is 2.22. The van der Waals surface area contributed by atoms with E-state index in [1.165, 1.54) is 5.69 Å². The lowest BCUT2D eigenvalue weighted by Crippen LogP contribution is -2.30. The van der Waals surface area contributed by atoms with Crippen LogP contribution in [0, 0.1) is 0 Å². The molecule has 1 aromatic heterocycles. The van der Waals surface area contributed by atoms with Crippen LogP contribution in [0.4, 0.5) is 0 Å². The number of hydrogen-bond donors (Lipinski definition) is 2. The molecule has 1 aromatic rings. The predicted octanol–water partition coefficient (Wildman–Crippen LogP) is 0.239. The van der Waals surface area contributed by atoms with Crippen LogP contribution in [0.15, 0.2) is 12.5 Å². The number of nitrogens with one attached hydrogen (secondary N) is 2. The van der Waals surface area contributed by atoms with Gasteiger partial charge in [-0.3, -0.25) is 4.79 Å². The van der Waals surface area contributed by atoms with E-state index in [0.29, 0.717) is 18.5 Å². The molecule has 3 rings (SSSR count). The van der Waals surface area contributed by atoms with E-state index in [4.69, 9.17) is 0 Å². The second-order valence-electron chi connectivity index (χ2n) is 4.98. The van der Waals surface area contributed by atoms with Crippen LogP contribution in [0.5, 0.6) is 0 Å². The fraction of sp³-hybridized carbons (Fsp3) is 0.667. The zero-order valence-electron chi connectivity index (χ0n) is 9.85. The summed E-state index contributed by atoms with van der Waals surface area (Å²) in [6.07, 6.45) is 7.06. The SMILES string of the molecule is O=C(Cn1cncc1C1CCNC1)NC1CC1. The second kappa shape index (κ2) is 4.49. The van der Waals surface area contributed by atoms with E-state index in [1.54, 1.807) is 6.33 Å². The van der Waals surface area contributed by atoms with Gasteiger partial charge in [-0.25, -0.2) is 4.98 Å². The Morgan fingerprint density at radius 3 is 3.12 bits per heavy atom. The fourth-order valence-electron chi connectivity index (χ4n) is 2.37. The highest BCUT2D eigenvalue weighted by molar-refractivity contribution is 5.76. The second-order valence-corrected chi connectivity index (χ2v) is 4.98. The molecule has 0 radical (unpaired) electrons. The molecule has 1 saturated carbocycles. The normalized spacial score (nSPS) is 23.9. The molecule has 2 N–H and O–H groups in total. The van der Waals surface area contributed by atoms with Gasteiger partial charge >= 0.3 is 0 Å². The van der Waals surface area contributed by atoms with Gasteiger partial charge in [0.15, 0.2) is 0 Å². The van der Waals surface area contributed by atoms with Gasteiger partial charge in [-0.2, -0.15) is 0 Å². The van der Waals surface area contributed by atoms with Crippen molar-refractivity contribution in [3.8, 4) is 0 Å². The number of rotatable bonds is 4. The summed E-state index contributed by atoms with van der Waals surface area (Å²) in [6, 6.07) is 0.433. The van der Waals surface area contributed by atoms with Crippen molar-refractivity contribution in [3.63, 3.8) is 0 Å². The van der Waals surface area contributed by atoms with E-state index in [2.05, 4.69) is 15.6 Å². The number of carbonyl (C=O) groups excluding carboxylic acids is 1. The van der Waals surface area contributed by atoms with Gasteiger partial charge in [0.1, 0.15) is 6.54 Å². The van der Waals surface area contributed by atoms with Gasteiger partial charge in [-0.1, -0.05) is 0 Å². The maximum absolute atomic E-state index is 11.8. The Hall–Kier alpha value is -1.36. The number of carbonyl (C=O) groups is 1. The van der Waals surface area contributed by atoms with Gasteiger partial charge in [-0.15, -0.1) is 0 Å². The maximum atomic E-state index is 11.8. The first-order valence-corrected chi connectivity index (χ1v) is 6.33. The quantitative estimate of drug-likeness (QED) is 0.784. The lowest BCUT2D eigenvalue weighted by Gasteiger charge is -2.12. The molecule has 1 atom stereocenters. The van der Waals surface area contributed by atoms with Crippen LogP contribution >= 0.6 is 0 Å². The molecular formula is C12H18N4O. The van der Waals surface area contributed by atoms with Crippen LogP contribution in [0.3, 0.4) is 0 Å². The monoisotopic (exact) mass is 234 g/mol. The molecule has 1 unspecified atom stereocenters. The van der Waals surface area contributed by atoms with E-state index in [1.807, 2.05) is 10.8 Å². The number of nitrogens with zero attached hydrogens (tertiary/aromatic N) is 2. The fourth-order valence-corrected chi connectivity index (χ4v) is 2.37. The van der Waals surface area contributed by atoms with Gasteiger partial charge in [0.2, 0.25) is 5.91 Å². The molecule has 2 fully saturated rings. The third-order valence-corrected chi connectivity index (χ3v) is 3.48. The summed E-state index contributed by atoms with van der Waals surface area (Å²) in [5.41, 5.74) is 1.18. The molecule has 2 aliphatic rings. The zero-order valence-corrected chi connectivity index (χ0v) is 9.85. The Labute approximate surface area is 101 Å². The molecule has 5 nitrogen and oxygen atoms in total. The Bertz CT molecular complexity index is 404. The van der Waals surface area contributed by atoms with Crippen LogP contribution in [0.2, 0.25) is 0 Å². The van der Waals surface area contributed by atoms with Crippen molar-refractivity contribution in [1.82, 2.24) is 20.2 Å². The minimum atomic E-state index is 0.109. The maximum Gasteiger partial charge on any atom is 0.240 e. The summed E-state index contributed by atoms with van der Waals surface area (Å²) < 4.78 is 1.98. The lowest BCUT2D eigenvalue weighted by molar-refractivity contribution is -0.121. The predicted molar refractivity (Wildman–Crippen MR) is 63.6 cm³/mol. The van der Waals surface area contributed by atoms with Crippen LogP contribution in [-0.2, 0) is 11.3 Å². The molecule has 1 aliphatic heterocycles. The number of imidazole rings is 1. The summed E-state index contributed by atoms with van der Waals surface area (Å²) in [6.45, 7) is 2.46. The number of aromatic nitrogens is 2. The van der Waals surface area contributed by atoms with Crippen molar-refractivity contribution >= 4 is 5.91 Å². The van der Waals surface area contributed by atoms with E-state index in [-0.39, 0.29) is 5.91 Å². The zero-order chi connectivity index (χ0) is 11.7. The molecule has 5 heteroatoms. The molecule has 0 spiro atoms.